The summed E-state index contributed by atoms with van der Waals surface area (Å²) in [5.74, 6) is -0.829. The number of aryl methyl sites for hydroxylation is 3. The first-order valence-electron chi connectivity index (χ1n) is 17.2. The van der Waals surface area contributed by atoms with Crippen molar-refractivity contribution >= 4 is 18.0 Å². The molecular formula is C40H46N4O6. The quantitative estimate of drug-likeness (QED) is 0.111. The van der Waals surface area contributed by atoms with Gasteiger partial charge in [0.15, 0.2) is 0 Å². The van der Waals surface area contributed by atoms with Crippen LogP contribution in [0.15, 0.2) is 83.7 Å². The predicted molar refractivity (Wildman–Crippen MR) is 192 cm³/mol. The SMILES string of the molecule is Cc1nc(CCCCNC(=O)OCC2c3ccccc3-c3ccccc32)c(=O)[nH]c1CCC(=O)N[C@@H](Cc1ccccc1)C(=O)OC(C)(C)C. The minimum atomic E-state index is -0.844. The summed E-state index contributed by atoms with van der Waals surface area (Å²) in [5, 5.41) is 5.63. The first-order valence-corrected chi connectivity index (χ1v) is 17.2. The maximum absolute atomic E-state index is 12.9. The number of esters is 1. The summed E-state index contributed by atoms with van der Waals surface area (Å²) in [6.07, 6.45) is 1.89. The number of aromatic nitrogens is 2. The number of amides is 2. The van der Waals surface area contributed by atoms with E-state index >= 15 is 0 Å². The molecule has 1 aliphatic carbocycles. The van der Waals surface area contributed by atoms with Crippen molar-refractivity contribution in [2.24, 2.45) is 0 Å². The fourth-order valence-electron chi connectivity index (χ4n) is 6.21. The fraction of sp³-hybridized carbons (Fsp3) is 0.375. The molecule has 0 saturated heterocycles. The third kappa shape index (κ3) is 9.68. The van der Waals surface area contributed by atoms with Crippen LogP contribution >= 0.6 is 0 Å². The van der Waals surface area contributed by atoms with Gasteiger partial charge in [-0.15, -0.1) is 0 Å². The second kappa shape index (κ2) is 16.4. The van der Waals surface area contributed by atoms with Crippen molar-refractivity contribution < 1.29 is 23.9 Å². The van der Waals surface area contributed by atoms with Crippen molar-refractivity contribution in [1.29, 1.82) is 0 Å². The summed E-state index contributed by atoms with van der Waals surface area (Å²) in [6, 6.07) is 25.0. The molecule has 1 atom stereocenters. The first kappa shape index (κ1) is 36.0. The van der Waals surface area contributed by atoms with Crippen molar-refractivity contribution in [3.8, 4) is 11.1 Å². The van der Waals surface area contributed by atoms with E-state index in [2.05, 4.69) is 44.9 Å². The van der Waals surface area contributed by atoms with Gasteiger partial charge in [-0.1, -0.05) is 78.9 Å². The number of hydrogen-bond acceptors (Lipinski definition) is 7. The zero-order valence-corrected chi connectivity index (χ0v) is 29.2. The summed E-state index contributed by atoms with van der Waals surface area (Å²) in [5.41, 5.74) is 6.20. The van der Waals surface area contributed by atoms with Crippen LogP contribution < -0.4 is 16.2 Å². The average Bonchev–Trinajstić information content (AvgIpc) is 3.40. The van der Waals surface area contributed by atoms with Gasteiger partial charge >= 0.3 is 12.1 Å². The number of benzene rings is 3. The lowest BCUT2D eigenvalue weighted by molar-refractivity contribution is -0.158. The van der Waals surface area contributed by atoms with Crippen LogP contribution in [0.3, 0.4) is 0 Å². The molecule has 0 bridgehead atoms. The number of carbonyl (C=O) groups is 3. The lowest BCUT2D eigenvalue weighted by atomic mass is 9.98. The fourth-order valence-corrected chi connectivity index (χ4v) is 6.21. The smallest absolute Gasteiger partial charge is 0.407 e. The zero-order valence-electron chi connectivity index (χ0n) is 29.2. The van der Waals surface area contributed by atoms with Crippen LogP contribution in [0.4, 0.5) is 4.79 Å². The summed E-state index contributed by atoms with van der Waals surface area (Å²) in [7, 11) is 0. The Morgan fingerprint density at radius 3 is 2.18 bits per heavy atom. The molecule has 5 rings (SSSR count). The number of nitrogens with zero attached hydrogens (tertiary/aromatic N) is 1. The highest BCUT2D eigenvalue weighted by atomic mass is 16.6. The van der Waals surface area contributed by atoms with E-state index in [0.717, 1.165) is 16.7 Å². The molecular weight excluding hydrogens is 632 g/mol. The van der Waals surface area contributed by atoms with Crippen molar-refractivity contribution in [1.82, 2.24) is 20.6 Å². The van der Waals surface area contributed by atoms with E-state index in [4.69, 9.17) is 9.47 Å². The molecule has 1 heterocycles. The monoisotopic (exact) mass is 678 g/mol. The molecule has 1 aromatic heterocycles. The standard InChI is InChI=1S/C40H46N4O6/c1-26-33(21-22-36(45)43-35(38(47)50-40(2,3)4)24-27-14-6-5-7-15-27)44-37(46)34(42-26)20-12-13-23-41-39(48)49-25-32-30-18-10-8-16-28(30)29-17-9-11-19-31(29)32/h5-11,14-19,32,35H,12-13,20-25H2,1-4H3,(H,41,48)(H,43,45)(H,44,46)/t35-/m0/s1. The van der Waals surface area contributed by atoms with Gasteiger partial charge in [-0.3, -0.25) is 14.6 Å². The van der Waals surface area contributed by atoms with Gasteiger partial charge in [0, 0.05) is 31.0 Å². The molecule has 0 spiro atoms. The molecule has 0 aliphatic heterocycles. The van der Waals surface area contributed by atoms with Crippen LogP contribution in [-0.2, 0) is 38.3 Å². The van der Waals surface area contributed by atoms with Crippen molar-refractivity contribution in [2.75, 3.05) is 13.2 Å². The van der Waals surface area contributed by atoms with Crippen LogP contribution in [0.5, 0.6) is 0 Å². The molecule has 3 aromatic carbocycles. The highest BCUT2D eigenvalue weighted by Gasteiger charge is 2.29. The topological polar surface area (TPSA) is 139 Å². The van der Waals surface area contributed by atoms with Gasteiger partial charge in [0.25, 0.3) is 5.56 Å². The Morgan fingerprint density at radius 1 is 0.880 bits per heavy atom. The molecule has 2 amide bonds. The molecule has 0 radical (unpaired) electrons. The number of nitrogens with one attached hydrogen (secondary N) is 3. The number of aromatic amines is 1. The maximum Gasteiger partial charge on any atom is 0.407 e. The van der Waals surface area contributed by atoms with Gasteiger partial charge in [-0.2, -0.15) is 0 Å². The maximum atomic E-state index is 12.9. The normalized spacial score (nSPS) is 12.8. The Bertz CT molecular complexity index is 1820. The summed E-state index contributed by atoms with van der Waals surface area (Å²) >= 11 is 0. The van der Waals surface area contributed by atoms with E-state index in [0.29, 0.717) is 49.3 Å². The van der Waals surface area contributed by atoms with Crippen LogP contribution in [0.2, 0.25) is 0 Å². The molecule has 1 aliphatic rings. The van der Waals surface area contributed by atoms with E-state index in [1.807, 2.05) is 54.6 Å². The van der Waals surface area contributed by atoms with Gasteiger partial charge < -0.3 is 25.1 Å². The molecule has 50 heavy (non-hydrogen) atoms. The molecule has 10 heteroatoms. The molecule has 0 fully saturated rings. The molecule has 4 aromatic rings. The number of unbranched alkanes of at least 4 members (excludes halogenated alkanes) is 1. The van der Waals surface area contributed by atoms with E-state index in [1.54, 1.807) is 27.7 Å². The van der Waals surface area contributed by atoms with Gasteiger partial charge in [-0.25, -0.2) is 9.59 Å². The van der Waals surface area contributed by atoms with E-state index in [-0.39, 0.29) is 36.8 Å². The summed E-state index contributed by atoms with van der Waals surface area (Å²) < 4.78 is 11.2. The number of rotatable bonds is 14. The average molecular weight is 679 g/mol. The third-order valence-electron chi connectivity index (χ3n) is 8.63. The second-order valence-electron chi connectivity index (χ2n) is 13.6. The molecule has 0 saturated carbocycles. The van der Waals surface area contributed by atoms with Gasteiger partial charge in [-0.05, 0) is 81.2 Å². The first-order chi connectivity index (χ1) is 24.0. The van der Waals surface area contributed by atoms with Crippen molar-refractivity contribution in [3.05, 3.63) is 123 Å². The van der Waals surface area contributed by atoms with Crippen molar-refractivity contribution in [3.63, 3.8) is 0 Å². The van der Waals surface area contributed by atoms with Crippen LogP contribution in [-0.4, -0.2) is 52.7 Å². The molecule has 262 valence electrons. The highest BCUT2D eigenvalue weighted by Crippen LogP contribution is 2.44. The number of ether oxygens (including phenoxy) is 2. The Labute approximate surface area is 293 Å². The zero-order chi connectivity index (χ0) is 35.7. The van der Waals surface area contributed by atoms with Crippen LogP contribution in [0.1, 0.15) is 79.7 Å². The number of fused-ring (bicyclic) bond motifs is 3. The Balaban J connectivity index is 1.05. The third-order valence-corrected chi connectivity index (χ3v) is 8.63. The summed E-state index contributed by atoms with van der Waals surface area (Å²) in [6.45, 7) is 7.81. The van der Waals surface area contributed by atoms with E-state index in [9.17, 15) is 19.2 Å². The van der Waals surface area contributed by atoms with E-state index < -0.39 is 23.7 Å². The lowest BCUT2D eigenvalue weighted by Crippen LogP contribution is -2.45. The van der Waals surface area contributed by atoms with Gasteiger partial charge in [0.2, 0.25) is 5.91 Å². The number of alkyl carbamates (subject to hydrolysis) is 1. The van der Waals surface area contributed by atoms with Crippen LogP contribution in [0, 0.1) is 6.92 Å². The Hall–Kier alpha value is -5.25. The van der Waals surface area contributed by atoms with Crippen LogP contribution in [0.25, 0.3) is 11.1 Å². The van der Waals surface area contributed by atoms with Crippen molar-refractivity contribution in [2.45, 2.75) is 83.8 Å². The molecule has 0 unspecified atom stereocenters. The summed E-state index contributed by atoms with van der Waals surface area (Å²) in [4.78, 5) is 58.5. The highest BCUT2D eigenvalue weighted by molar-refractivity contribution is 5.85. The predicted octanol–water partition coefficient (Wildman–Crippen LogP) is 5.94. The Kier molecular flexibility index (Phi) is 11.8. The molecule has 3 N–H and O–H groups in total. The van der Waals surface area contributed by atoms with Gasteiger partial charge in [0.05, 0.1) is 5.69 Å². The number of hydrogen-bond donors (Lipinski definition) is 3. The second-order valence-corrected chi connectivity index (χ2v) is 13.6. The largest absolute Gasteiger partial charge is 0.458 e. The Morgan fingerprint density at radius 2 is 1.52 bits per heavy atom. The molecule has 10 nitrogen and oxygen atoms in total. The minimum Gasteiger partial charge on any atom is -0.458 e. The minimum absolute atomic E-state index is 0.000308. The van der Waals surface area contributed by atoms with E-state index in [1.165, 1.54) is 11.1 Å². The number of carbonyl (C=O) groups excluding carboxylic acids is 3. The number of H-pyrrole nitrogens is 1. The van der Waals surface area contributed by atoms with Gasteiger partial charge in [0.1, 0.15) is 23.9 Å². The lowest BCUT2D eigenvalue weighted by Gasteiger charge is -2.24.